The van der Waals surface area contributed by atoms with Crippen molar-refractivity contribution in [2.75, 3.05) is 23.7 Å². The number of nitrogens with zero attached hydrogens (tertiary/aromatic N) is 2. The van der Waals surface area contributed by atoms with E-state index in [1.807, 2.05) is 6.07 Å². The molecule has 2 rings (SSSR count). The zero-order valence-corrected chi connectivity index (χ0v) is 12.9. The van der Waals surface area contributed by atoms with Gasteiger partial charge in [0.25, 0.3) is 0 Å². The number of nitrogen functional groups attached to an aromatic ring is 1. The zero-order valence-electron chi connectivity index (χ0n) is 11.3. The van der Waals surface area contributed by atoms with E-state index in [2.05, 4.69) is 53.5 Å². The van der Waals surface area contributed by atoms with Crippen molar-refractivity contribution in [2.24, 2.45) is 0 Å². The van der Waals surface area contributed by atoms with E-state index >= 15 is 0 Å². The molecular weight excluding hydrogens is 294 g/mol. The molecule has 0 atom stereocenters. The van der Waals surface area contributed by atoms with Crippen LogP contribution < -0.4 is 10.6 Å². The number of anilines is 2. The minimum Gasteiger partial charge on any atom is -0.397 e. The van der Waals surface area contributed by atoms with Crippen LogP contribution in [0.4, 0.5) is 11.5 Å². The van der Waals surface area contributed by atoms with E-state index in [9.17, 15) is 0 Å². The van der Waals surface area contributed by atoms with Crippen LogP contribution in [0.3, 0.4) is 0 Å². The molecule has 4 nitrogen and oxygen atoms in total. The van der Waals surface area contributed by atoms with Gasteiger partial charge in [0.2, 0.25) is 0 Å². The molecule has 0 amide bonds. The van der Waals surface area contributed by atoms with Gasteiger partial charge in [-0.05, 0) is 49.7 Å². The molecule has 18 heavy (non-hydrogen) atoms. The number of ether oxygens (including phenoxy) is 1. The molecule has 1 aliphatic rings. The first-order valence-corrected chi connectivity index (χ1v) is 6.84. The Bertz CT molecular complexity index is 444. The van der Waals surface area contributed by atoms with Gasteiger partial charge < -0.3 is 15.4 Å². The smallest absolute Gasteiger partial charge is 0.143 e. The summed E-state index contributed by atoms with van der Waals surface area (Å²) >= 11 is 3.53. The van der Waals surface area contributed by atoms with Crippen molar-refractivity contribution in [3.05, 3.63) is 16.7 Å². The van der Waals surface area contributed by atoms with Gasteiger partial charge in [-0.25, -0.2) is 4.98 Å². The van der Waals surface area contributed by atoms with Gasteiger partial charge in [0.1, 0.15) is 5.82 Å². The molecule has 0 spiro atoms. The van der Waals surface area contributed by atoms with E-state index < -0.39 is 0 Å². The standard InChI is InChI=1S/C13H20BrN3O/c1-12(2)7-17(8-13(3,4)18-12)11-10(14)5-9(15)6-16-11/h5-6H,7-8,15H2,1-4H3. The SMILES string of the molecule is CC1(C)CN(c2ncc(N)cc2Br)CC(C)(C)O1. The summed E-state index contributed by atoms with van der Waals surface area (Å²) in [6, 6.07) is 1.89. The van der Waals surface area contributed by atoms with Gasteiger partial charge in [-0.1, -0.05) is 0 Å². The number of pyridine rings is 1. The summed E-state index contributed by atoms with van der Waals surface area (Å²) < 4.78 is 6.99. The van der Waals surface area contributed by atoms with Crippen molar-refractivity contribution < 1.29 is 4.74 Å². The summed E-state index contributed by atoms with van der Waals surface area (Å²) in [5.41, 5.74) is 6.01. The van der Waals surface area contributed by atoms with Crippen LogP contribution in [0.5, 0.6) is 0 Å². The van der Waals surface area contributed by atoms with Crippen molar-refractivity contribution in [3.63, 3.8) is 0 Å². The highest BCUT2D eigenvalue weighted by atomic mass is 79.9. The summed E-state index contributed by atoms with van der Waals surface area (Å²) in [5.74, 6) is 0.925. The van der Waals surface area contributed by atoms with Gasteiger partial charge in [0.15, 0.2) is 0 Å². The van der Waals surface area contributed by atoms with Crippen molar-refractivity contribution in [1.82, 2.24) is 4.98 Å². The number of hydrogen-bond acceptors (Lipinski definition) is 4. The lowest BCUT2D eigenvalue weighted by Crippen LogP contribution is -2.57. The highest BCUT2D eigenvalue weighted by Gasteiger charge is 2.39. The third-order valence-corrected chi connectivity index (χ3v) is 3.42. The van der Waals surface area contributed by atoms with Crippen molar-refractivity contribution >= 4 is 27.4 Å². The maximum atomic E-state index is 6.07. The molecule has 0 aliphatic carbocycles. The number of nitrogens with two attached hydrogens (primary N) is 1. The Balaban J connectivity index is 2.32. The molecule has 1 aliphatic heterocycles. The Hall–Kier alpha value is -0.810. The van der Waals surface area contributed by atoms with E-state index in [4.69, 9.17) is 10.5 Å². The summed E-state index contributed by atoms with van der Waals surface area (Å²) in [7, 11) is 0. The average Bonchev–Trinajstić information content (AvgIpc) is 2.11. The van der Waals surface area contributed by atoms with Gasteiger partial charge in [-0.3, -0.25) is 0 Å². The lowest BCUT2D eigenvalue weighted by atomic mass is 9.99. The second kappa shape index (κ2) is 4.38. The highest BCUT2D eigenvalue weighted by molar-refractivity contribution is 9.10. The normalized spacial score (nSPS) is 21.9. The lowest BCUT2D eigenvalue weighted by molar-refractivity contribution is -0.133. The molecule has 0 aromatic carbocycles. The van der Waals surface area contributed by atoms with Crippen molar-refractivity contribution in [1.29, 1.82) is 0 Å². The third kappa shape index (κ3) is 2.95. The van der Waals surface area contributed by atoms with E-state index in [0.29, 0.717) is 5.69 Å². The summed E-state index contributed by atoms with van der Waals surface area (Å²) in [6.45, 7) is 10.0. The van der Waals surface area contributed by atoms with Crippen LogP contribution in [0.15, 0.2) is 16.7 Å². The molecule has 100 valence electrons. The maximum absolute atomic E-state index is 6.07. The van der Waals surface area contributed by atoms with Crippen LogP contribution in [-0.2, 0) is 4.74 Å². The molecule has 0 bridgehead atoms. The van der Waals surface area contributed by atoms with E-state index in [0.717, 1.165) is 23.4 Å². The average molecular weight is 314 g/mol. The molecule has 1 aromatic rings. The van der Waals surface area contributed by atoms with Gasteiger partial charge in [-0.15, -0.1) is 0 Å². The predicted molar refractivity (Wildman–Crippen MR) is 77.8 cm³/mol. The van der Waals surface area contributed by atoms with Crippen molar-refractivity contribution in [2.45, 2.75) is 38.9 Å². The molecule has 0 radical (unpaired) electrons. The highest BCUT2D eigenvalue weighted by Crippen LogP contribution is 2.34. The fourth-order valence-corrected chi connectivity index (χ4v) is 3.23. The first kappa shape index (κ1) is 13.6. The second-order valence-corrected chi connectivity index (χ2v) is 6.91. The van der Waals surface area contributed by atoms with Crippen LogP contribution >= 0.6 is 15.9 Å². The van der Waals surface area contributed by atoms with Crippen LogP contribution in [0.25, 0.3) is 0 Å². The number of halogens is 1. The number of aromatic nitrogens is 1. The molecule has 1 aromatic heterocycles. The van der Waals surface area contributed by atoms with Gasteiger partial charge in [-0.2, -0.15) is 0 Å². The second-order valence-electron chi connectivity index (χ2n) is 6.05. The first-order valence-electron chi connectivity index (χ1n) is 6.05. The molecule has 2 heterocycles. The molecular formula is C13H20BrN3O. The monoisotopic (exact) mass is 313 g/mol. The number of morpholine rings is 1. The minimum absolute atomic E-state index is 0.190. The van der Waals surface area contributed by atoms with Crippen LogP contribution in [0.2, 0.25) is 0 Å². The van der Waals surface area contributed by atoms with E-state index in [-0.39, 0.29) is 11.2 Å². The third-order valence-electron chi connectivity index (χ3n) is 2.84. The molecule has 0 saturated carbocycles. The lowest BCUT2D eigenvalue weighted by Gasteiger charge is -2.47. The zero-order chi connectivity index (χ0) is 13.6. The van der Waals surface area contributed by atoms with Gasteiger partial charge >= 0.3 is 0 Å². The Kier molecular flexibility index (Phi) is 3.32. The molecule has 2 N–H and O–H groups in total. The van der Waals surface area contributed by atoms with Gasteiger partial charge in [0, 0.05) is 13.1 Å². The fraction of sp³-hybridized carbons (Fsp3) is 0.615. The number of rotatable bonds is 1. The minimum atomic E-state index is -0.190. The molecule has 0 unspecified atom stereocenters. The molecule has 1 fully saturated rings. The van der Waals surface area contributed by atoms with Crippen molar-refractivity contribution in [3.8, 4) is 0 Å². The number of hydrogen-bond donors (Lipinski definition) is 1. The Labute approximate surface area is 117 Å². The largest absolute Gasteiger partial charge is 0.397 e. The van der Waals surface area contributed by atoms with Gasteiger partial charge in [0.05, 0.1) is 27.6 Å². The molecule has 1 saturated heterocycles. The Morgan fingerprint density at radius 2 is 1.83 bits per heavy atom. The molecule has 5 heteroatoms. The van der Waals surface area contributed by atoms with E-state index in [1.54, 1.807) is 6.20 Å². The summed E-state index contributed by atoms with van der Waals surface area (Å²) in [6.07, 6.45) is 1.69. The van der Waals surface area contributed by atoms with Crippen LogP contribution in [0.1, 0.15) is 27.7 Å². The maximum Gasteiger partial charge on any atom is 0.143 e. The Morgan fingerprint density at radius 1 is 1.28 bits per heavy atom. The Morgan fingerprint density at radius 3 is 2.33 bits per heavy atom. The summed E-state index contributed by atoms with van der Waals surface area (Å²) in [4.78, 5) is 6.67. The van der Waals surface area contributed by atoms with Crippen LogP contribution in [-0.4, -0.2) is 29.3 Å². The quantitative estimate of drug-likeness (QED) is 0.866. The predicted octanol–water partition coefficient (Wildman–Crippen LogP) is 2.82. The van der Waals surface area contributed by atoms with Crippen LogP contribution in [0, 0.1) is 0 Å². The van der Waals surface area contributed by atoms with E-state index in [1.165, 1.54) is 0 Å². The summed E-state index contributed by atoms with van der Waals surface area (Å²) in [5, 5.41) is 0. The first-order chi connectivity index (χ1) is 8.19. The topological polar surface area (TPSA) is 51.4 Å². The fourth-order valence-electron chi connectivity index (χ4n) is 2.62.